The predicted molar refractivity (Wildman–Crippen MR) is 334 cm³/mol. The number of pyridine rings is 2. The van der Waals surface area contributed by atoms with Crippen LogP contribution in [0.25, 0.3) is 22.5 Å². The van der Waals surface area contributed by atoms with Crippen LogP contribution in [0.5, 0.6) is 23.0 Å². The Balaban J connectivity index is 0.000000181. The summed E-state index contributed by atoms with van der Waals surface area (Å²) in [6.07, 6.45) is 3.86. The highest BCUT2D eigenvalue weighted by Gasteiger charge is 2.30. The molecular formula is C70H48Br2N6O2. The van der Waals surface area contributed by atoms with E-state index < -0.39 is 0 Å². The van der Waals surface area contributed by atoms with Crippen LogP contribution in [-0.4, -0.2) is 9.97 Å². The number of rotatable bonds is 10. The molecule has 0 bridgehead atoms. The number of ether oxygens (including phenoxy) is 2. The Hall–Kier alpha value is -9.74. The SMILES string of the molecule is Brc1ccc2c(c1)Oc1cc(Br)ccc1N2c1ccc(-c2ccccc2)nc1.c1ccc(-c2ccc(N3c4ccc(N(c5ccccc5)c5ccccc5)cc4Oc4cc(N(c5ccccc5)c5ccccc5)ccc43)cn2)cc1. The van der Waals surface area contributed by atoms with Crippen molar-refractivity contribution in [2.24, 2.45) is 0 Å². The molecule has 0 radical (unpaired) electrons. The monoisotopic (exact) mass is 1160 g/mol. The van der Waals surface area contributed by atoms with Gasteiger partial charge in [0.15, 0.2) is 23.0 Å². The van der Waals surface area contributed by atoms with Crippen molar-refractivity contribution in [1.82, 2.24) is 9.97 Å². The van der Waals surface area contributed by atoms with Crippen LogP contribution >= 0.6 is 31.9 Å². The van der Waals surface area contributed by atoms with E-state index >= 15 is 0 Å². The van der Waals surface area contributed by atoms with E-state index in [-0.39, 0.29) is 0 Å². The van der Waals surface area contributed by atoms with E-state index in [2.05, 4.69) is 246 Å². The summed E-state index contributed by atoms with van der Waals surface area (Å²) in [4.78, 5) is 18.6. The quantitative estimate of drug-likeness (QED) is 0.134. The molecule has 14 rings (SSSR count). The van der Waals surface area contributed by atoms with Crippen molar-refractivity contribution < 1.29 is 9.47 Å². The summed E-state index contributed by atoms with van der Waals surface area (Å²) in [5.41, 5.74) is 16.0. The summed E-state index contributed by atoms with van der Waals surface area (Å²) in [7, 11) is 0. The van der Waals surface area contributed by atoms with E-state index in [1.54, 1.807) is 0 Å². The molecule has 0 atom stereocenters. The van der Waals surface area contributed by atoms with Crippen molar-refractivity contribution in [3.05, 3.63) is 300 Å². The fourth-order valence-electron chi connectivity index (χ4n) is 10.2. The van der Waals surface area contributed by atoms with Crippen LogP contribution in [0.3, 0.4) is 0 Å². The molecule has 2 aliphatic rings. The zero-order chi connectivity index (χ0) is 53.8. The lowest BCUT2D eigenvalue weighted by atomic mass is 10.1. The lowest BCUT2D eigenvalue weighted by Gasteiger charge is -2.35. The predicted octanol–water partition coefficient (Wildman–Crippen LogP) is 21.1. The Morgan fingerprint density at radius 2 is 0.588 bits per heavy atom. The van der Waals surface area contributed by atoms with Gasteiger partial charge in [0.1, 0.15) is 0 Å². The van der Waals surface area contributed by atoms with E-state index in [0.29, 0.717) is 0 Å². The standard InChI is InChI=1S/C47H34N4O.C23H14Br2N2O/c1-6-16-35(17-7-1)43-29-26-42(34-48-43)51-44-30-27-40(49(36-18-8-2-9-19-36)37-20-10-3-11-21-37)32-46(44)52-47-33-41(28-31-45(47)51)50(38-22-12-4-13-23-38)39-24-14-5-15-25-39;24-16-6-10-20-22(12-16)28-23-13-17(25)7-11-21(23)27(20)18-8-9-19(26-14-18)15-4-2-1-3-5-15/h1-34H;1-14H. The van der Waals surface area contributed by atoms with E-state index in [1.165, 1.54) is 0 Å². The van der Waals surface area contributed by atoms with E-state index in [9.17, 15) is 0 Å². The molecule has 2 aromatic heterocycles. The van der Waals surface area contributed by atoms with Crippen LogP contribution in [0.2, 0.25) is 0 Å². The molecule has 0 saturated heterocycles. The number of para-hydroxylation sites is 4. The first-order valence-electron chi connectivity index (χ1n) is 26.2. The van der Waals surface area contributed by atoms with Crippen LogP contribution in [0.1, 0.15) is 0 Å². The molecule has 10 aromatic carbocycles. The number of fused-ring (bicyclic) bond motifs is 4. The number of aromatic nitrogens is 2. The number of hydrogen-bond donors (Lipinski definition) is 0. The average Bonchev–Trinajstić information content (AvgIpc) is 3.52. The molecular weight excluding hydrogens is 1120 g/mol. The molecule has 12 aromatic rings. The smallest absolute Gasteiger partial charge is 0.153 e. The second kappa shape index (κ2) is 22.3. The molecule has 8 nitrogen and oxygen atoms in total. The molecule has 4 heterocycles. The fourth-order valence-corrected chi connectivity index (χ4v) is 10.9. The second-order valence-corrected chi connectivity index (χ2v) is 20.8. The lowest BCUT2D eigenvalue weighted by Crippen LogP contribution is -2.18. The molecule has 0 saturated carbocycles. The minimum Gasteiger partial charge on any atom is -0.453 e. The van der Waals surface area contributed by atoms with Crippen molar-refractivity contribution >= 4 is 100 Å². The Morgan fingerprint density at radius 1 is 0.287 bits per heavy atom. The summed E-state index contributed by atoms with van der Waals surface area (Å²) in [5.74, 6) is 3.09. The molecule has 0 fully saturated rings. The Bertz CT molecular complexity index is 3830. The Labute approximate surface area is 481 Å². The summed E-state index contributed by atoms with van der Waals surface area (Å²) < 4.78 is 15.0. The van der Waals surface area contributed by atoms with Crippen LogP contribution in [-0.2, 0) is 0 Å². The van der Waals surface area contributed by atoms with Crippen molar-refractivity contribution in [3.63, 3.8) is 0 Å². The highest BCUT2D eigenvalue weighted by Crippen LogP contribution is 2.55. The molecule has 80 heavy (non-hydrogen) atoms. The number of benzene rings is 10. The number of halogens is 2. The van der Waals surface area contributed by atoms with Gasteiger partial charge in [0.05, 0.1) is 57.9 Å². The maximum Gasteiger partial charge on any atom is 0.153 e. The minimum atomic E-state index is 0.747. The summed E-state index contributed by atoms with van der Waals surface area (Å²) in [5, 5.41) is 0. The first-order valence-corrected chi connectivity index (χ1v) is 27.7. The molecule has 0 unspecified atom stereocenters. The highest BCUT2D eigenvalue weighted by atomic mass is 79.9. The highest BCUT2D eigenvalue weighted by molar-refractivity contribution is 9.10. The van der Waals surface area contributed by atoms with Crippen molar-refractivity contribution in [2.45, 2.75) is 0 Å². The van der Waals surface area contributed by atoms with Gasteiger partial charge in [-0.25, -0.2) is 0 Å². The van der Waals surface area contributed by atoms with Gasteiger partial charge >= 0.3 is 0 Å². The normalized spacial score (nSPS) is 11.8. The number of hydrogen-bond acceptors (Lipinski definition) is 8. The van der Waals surface area contributed by atoms with Gasteiger partial charge in [-0.15, -0.1) is 0 Å². The third-order valence-corrected chi connectivity index (χ3v) is 14.8. The van der Waals surface area contributed by atoms with Crippen LogP contribution < -0.4 is 29.1 Å². The van der Waals surface area contributed by atoms with E-state index in [4.69, 9.17) is 19.4 Å². The molecule has 10 heteroatoms. The second-order valence-electron chi connectivity index (χ2n) is 19.0. The number of anilines is 12. The lowest BCUT2D eigenvalue weighted by molar-refractivity contribution is 0.476. The molecule has 0 amide bonds. The van der Waals surface area contributed by atoms with Crippen LogP contribution in [0.15, 0.2) is 300 Å². The first kappa shape index (κ1) is 49.8. The van der Waals surface area contributed by atoms with Gasteiger partial charge < -0.3 is 29.1 Å². The molecule has 0 aliphatic carbocycles. The average molecular weight is 1170 g/mol. The van der Waals surface area contributed by atoms with Gasteiger partial charge in [0, 0.05) is 66.3 Å². The Morgan fingerprint density at radius 3 is 0.900 bits per heavy atom. The molecule has 0 spiro atoms. The maximum atomic E-state index is 6.93. The van der Waals surface area contributed by atoms with Crippen LogP contribution in [0, 0.1) is 0 Å². The molecule has 0 N–H and O–H groups in total. The molecule has 384 valence electrons. The zero-order valence-corrected chi connectivity index (χ0v) is 46.1. The summed E-state index contributed by atoms with van der Waals surface area (Å²) in [6, 6.07) is 95.5. The van der Waals surface area contributed by atoms with E-state index in [1.807, 2.05) is 97.3 Å². The van der Waals surface area contributed by atoms with Crippen molar-refractivity contribution in [2.75, 3.05) is 19.6 Å². The molecule has 2 aliphatic heterocycles. The summed E-state index contributed by atoms with van der Waals surface area (Å²) in [6.45, 7) is 0. The first-order chi connectivity index (χ1) is 39.5. The fraction of sp³-hybridized carbons (Fsp3) is 0. The van der Waals surface area contributed by atoms with Gasteiger partial charge in [-0.2, -0.15) is 0 Å². The van der Waals surface area contributed by atoms with Gasteiger partial charge in [-0.05, 0) is 133 Å². The zero-order valence-electron chi connectivity index (χ0n) is 43.0. The number of nitrogens with zero attached hydrogens (tertiary/aromatic N) is 6. The Kier molecular flexibility index (Phi) is 13.9. The maximum absolute atomic E-state index is 6.93. The van der Waals surface area contributed by atoms with Crippen LogP contribution in [0.4, 0.5) is 68.2 Å². The van der Waals surface area contributed by atoms with Gasteiger partial charge in [0.2, 0.25) is 0 Å². The largest absolute Gasteiger partial charge is 0.453 e. The van der Waals surface area contributed by atoms with Crippen molar-refractivity contribution in [3.8, 4) is 45.5 Å². The topological polar surface area (TPSA) is 57.2 Å². The third kappa shape index (κ3) is 10.2. The van der Waals surface area contributed by atoms with Gasteiger partial charge in [-0.1, -0.05) is 165 Å². The third-order valence-electron chi connectivity index (χ3n) is 13.9. The van der Waals surface area contributed by atoms with Gasteiger partial charge in [-0.3, -0.25) is 9.97 Å². The van der Waals surface area contributed by atoms with Crippen molar-refractivity contribution in [1.29, 1.82) is 0 Å². The summed E-state index contributed by atoms with van der Waals surface area (Å²) >= 11 is 7.07. The minimum absolute atomic E-state index is 0.747. The van der Waals surface area contributed by atoms with Gasteiger partial charge in [0.25, 0.3) is 0 Å². The van der Waals surface area contributed by atoms with E-state index in [0.717, 1.165) is 123 Å².